The molecule has 0 aliphatic carbocycles. The average Bonchev–Trinajstić information content (AvgIpc) is 2.77. The summed E-state index contributed by atoms with van der Waals surface area (Å²) in [6, 6.07) is 0. The van der Waals surface area contributed by atoms with Gasteiger partial charge in [0.1, 0.15) is 0 Å². The van der Waals surface area contributed by atoms with Gasteiger partial charge in [-0.25, -0.2) is 9.24 Å². The molecule has 0 aromatic rings. The summed E-state index contributed by atoms with van der Waals surface area (Å²) in [5.74, 6) is 0. The maximum Gasteiger partial charge on any atom is 0.405 e. The van der Waals surface area contributed by atoms with Crippen LogP contribution in [0.5, 0.6) is 0 Å². The number of carbonyl (C=O) groups excluding carboxylic acids is 1. The van der Waals surface area contributed by atoms with Gasteiger partial charge in [0.05, 0.1) is 13.2 Å². The van der Waals surface area contributed by atoms with Crippen molar-refractivity contribution in [3.8, 4) is 0 Å². The summed E-state index contributed by atoms with van der Waals surface area (Å²) in [5, 5.41) is 7.75. The Labute approximate surface area is 127 Å². The molecule has 1 heterocycles. The van der Waals surface area contributed by atoms with E-state index in [1.807, 2.05) is 0 Å². The van der Waals surface area contributed by atoms with Crippen molar-refractivity contribution in [3.05, 3.63) is 12.2 Å². The third-order valence-corrected chi connectivity index (χ3v) is 4.13. The van der Waals surface area contributed by atoms with Crippen LogP contribution in [0.4, 0.5) is 0 Å². The van der Waals surface area contributed by atoms with Crippen LogP contribution in [0.3, 0.4) is 0 Å². The van der Waals surface area contributed by atoms with Crippen molar-refractivity contribution < 1.29 is 23.9 Å². The molecule has 124 valence electrons. The van der Waals surface area contributed by atoms with Crippen molar-refractivity contribution in [1.29, 1.82) is 0 Å². The lowest BCUT2D eigenvalue weighted by molar-refractivity contribution is 0.216. The molecular weight excluding hydrogens is 295 g/mol. The van der Waals surface area contributed by atoms with Gasteiger partial charge in [0.25, 0.3) is 6.79 Å². The van der Waals surface area contributed by atoms with Gasteiger partial charge >= 0.3 is 7.75 Å². The largest absolute Gasteiger partial charge is 0.405 e. The van der Waals surface area contributed by atoms with Crippen LogP contribution in [0.25, 0.3) is 0 Å². The van der Waals surface area contributed by atoms with Gasteiger partial charge in [-0.1, -0.05) is 25.0 Å². The molecule has 0 aromatic heterocycles. The van der Waals surface area contributed by atoms with Crippen LogP contribution in [-0.2, 0) is 13.9 Å². The molecule has 1 fully saturated rings. The third kappa shape index (κ3) is 12.9. The highest BCUT2D eigenvalue weighted by molar-refractivity contribution is 7.50. The lowest BCUT2D eigenvalue weighted by Gasteiger charge is -2.24. The number of nitrogens with two attached hydrogens (primary N) is 1. The van der Waals surface area contributed by atoms with Gasteiger partial charge in [-0.2, -0.15) is 0 Å². The molecule has 4 N–H and O–H groups in total. The molecule has 1 saturated heterocycles. The first-order chi connectivity index (χ1) is 9.94. The molecule has 0 amide bonds. The fourth-order valence-electron chi connectivity index (χ4n) is 1.58. The van der Waals surface area contributed by atoms with Crippen molar-refractivity contribution in [3.63, 3.8) is 0 Å². The van der Waals surface area contributed by atoms with E-state index in [1.54, 1.807) is 11.6 Å². The SMILES string of the molecule is C=C(C)COP(=O)(O)N1CCCCCC1.NCCO.[C]=O. The molecule has 1 unspecified atom stereocenters. The molecule has 7 nitrogen and oxygen atoms in total. The number of aliphatic hydroxyl groups is 1. The number of aliphatic hydroxyl groups excluding tert-OH is 1. The van der Waals surface area contributed by atoms with Crippen LogP contribution in [0.1, 0.15) is 32.6 Å². The predicted molar refractivity (Wildman–Crippen MR) is 82.5 cm³/mol. The first-order valence-corrected chi connectivity index (χ1v) is 8.35. The summed E-state index contributed by atoms with van der Waals surface area (Å²) in [7, 11) is -3.58. The summed E-state index contributed by atoms with van der Waals surface area (Å²) < 4.78 is 18.4. The van der Waals surface area contributed by atoms with Crippen LogP contribution in [-0.4, -0.2) is 54.3 Å². The molecule has 21 heavy (non-hydrogen) atoms. The zero-order chi connectivity index (χ0) is 16.7. The Hall–Kier alpha value is -0.560. The lowest BCUT2D eigenvalue weighted by atomic mass is 10.2. The van der Waals surface area contributed by atoms with E-state index in [2.05, 4.69) is 13.4 Å². The number of nitrogens with zero attached hydrogens (tertiary/aromatic N) is 1. The van der Waals surface area contributed by atoms with Crippen LogP contribution >= 0.6 is 7.75 Å². The molecule has 0 aromatic carbocycles. The van der Waals surface area contributed by atoms with Crippen molar-refractivity contribution >= 4 is 14.5 Å². The van der Waals surface area contributed by atoms with Crippen LogP contribution in [0.2, 0.25) is 0 Å². The minimum Gasteiger partial charge on any atom is -0.395 e. The maximum absolute atomic E-state index is 11.8. The fourth-order valence-corrected chi connectivity index (χ4v) is 2.92. The highest BCUT2D eigenvalue weighted by Crippen LogP contribution is 2.47. The Morgan fingerprint density at radius 1 is 1.33 bits per heavy atom. The third-order valence-electron chi connectivity index (χ3n) is 2.55. The van der Waals surface area contributed by atoms with E-state index in [1.165, 1.54) is 0 Å². The van der Waals surface area contributed by atoms with Gasteiger partial charge in [0.2, 0.25) is 0 Å². The summed E-state index contributed by atoms with van der Waals surface area (Å²) >= 11 is 0. The summed E-state index contributed by atoms with van der Waals surface area (Å²) in [5.41, 5.74) is 5.54. The quantitative estimate of drug-likeness (QED) is 0.513. The second-order valence-electron chi connectivity index (χ2n) is 4.60. The van der Waals surface area contributed by atoms with Crippen molar-refractivity contribution in [1.82, 2.24) is 4.67 Å². The summed E-state index contributed by atoms with van der Waals surface area (Å²) in [6.07, 6.45) is 4.22. The first-order valence-electron chi connectivity index (χ1n) is 6.82. The van der Waals surface area contributed by atoms with E-state index >= 15 is 0 Å². The highest BCUT2D eigenvalue weighted by atomic mass is 31.2. The van der Waals surface area contributed by atoms with Crippen molar-refractivity contribution in [2.45, 2.75) is 32.6 Å². The molecule has 0 spiro atoms. The molecule has 1 aliphatic heterocycles. The van der Waals surface area contributed by atoms with Crippen LogP contribution in [0, 0.1) is 0 Å². The molecule has 8 heteroatoms. The Morgan fingerprint density at radius 3 is 2.10 bits per heavy atom. The van der Waals surface area contributed by atoms with Crippen molar-refractivity contribution in [2.75, 3.05) is 32.8 Å². The second kappa shape index (κ2) is 14.4. The van der Waals surface area contributed by atoms with Gasteiger partial charge in [-0.15, -0.1) is 0 Å². The standard InChI is InChI=1S/C10H20NO3P.C2H7NO.CO/c1-10(2)9-14-15(12,13)11-7-5-3-4-6-8-11;3-1-2-4;1-2/h1,3-9H2,2H3,(H,12,13);4H,1-3H2;. The van der Waals surface area contributed by atoms with Gasteiger partial charge in [-0.3, -0.25) is 9.32 Å². The van der Waals surface area contributed by atoms with Crippen molar-refractivity contribution in [2.24, 2.45) is 5.73 Å². The highest BCUT2D eigenvalue weighted by Gasteiger charge is 2.29. The molecule has 1 rings (SSSR count). The van der Waals surface area contributed by atoms with E-state index in [0.29, 0.717) is 19.6 Å². The monoisotopic (exact) mass is 322 g/mol. The Kier molecular flexibility index (Phi) is 15.6. The Morgan fingerprint density at radius 2 is 1.76 bits per heavy atom. The minimum atomic E-state index is -3.58. The van der Waals surface area contributed by atoms with E-state index < -0.39 is 7.75 Å². The maximum atomic E-state index is 11.8. The molecule has 0 saturated carbocycles. The lowest BCUT2D eigenvalue weighted by Crippen LogP contribution is -2.22. The molecule has 1 atom stereocenters. The van der Waals surface area contributed by atoms with E-state index in [9.17, 15) is 9.46 Å². The predicted octanol–water partition coefficient (Wildman–Crippen LogP) is 1.10. The summed E-state index contributed by atoms with van der Waals surface area (Å²) in [6.45, 7) is 11.9. The normalized spacial score (nSPS) is 18.1. The number of hydrogen-bond donors (Lipinski definition) is 3. The van der Waals surface area contributed by atoms with Gasteiger partial charge in [0.15, 0.2) is 0 Å². The molecule has 0 bridgehead atoms. The average molecular weight is 322 g/mol. The fraction of sp³-hybridized carbons (Fsp3) is 0.769. The van der Waals surface area contributed by atoms with E-state index in [0.717, 1.165) is 31.3 Å². The Bertz CT molecular complexity index is 305. The van der Waals surface area contributed by atoms with Crippen LogP contribution in [0.15, 0.2) is 12.2 Å². The van der Waals surface area contributed by atoms with Gasteiger partial charge < -0.3 is 15.7 Å². The zero-order valence-electron chi connectivity index (χ0n) is 12.7. The van der Waals surface area contributed by atoms with E-state index in [4.69, 9.17) is 20.2 Å². The van der Waals surface area contributed by atoms with Crippen LogP contribution < -0.4 is 5.73 Å². The topological polar surface area (TPSA) is 113 Å². The minimum absolute atomic E-state index is 0.0972. The number of hydrogen-bond acceptors (Lipinski definition) is 5. The summed E-state index contributed by atoms with van der Waals surface area (Å²) in [4.78, 5) is 17.2. The second-order valence-corrected chi connectivity index (χ2v) is 6.41. The first kappa shape index (κ1) is 22.7. The van der Waals surface area contributed by atoms with Gasteiger partial charge in [0, 0.05) is 19.6 Å². The molecule has 1 aliphatic rings. The molecular formula is C13H27N2O5P. The Balaban J connectivity index is 0. The number of rotatable bonds is 5. The molecule has 2 radical (unpaired) electrons. The smallest absolute Gasteiger partial charge is 0.395 e. The zero-order valence-corrected chi connectivity index (χ0v) is 13.6. The van der Waals surface area contributed by atoms with Gasteiger partial charge in [-0.05, 0) is 19.8 Å². The van der Waals surface area contributed by atoms with E-state index in [-0.39, 0.29) is 13.2 Å².